The molecule has 0 saturated heterocycles. The van der Waals surface area contributed by atoms with E-state index in [-0.39, 0.29) is 5.69 Å². The van der Waals surface area contributed by atoms with Gasteiger partial charge in [-0.1, -0.05) is 25.5 Å². The van der Waals surface area contributed by atoms with Crippen molar-refractivity contribution in [3.05, 3.63) is 59.9 Å². The van der Waals surface area contributed by atoms with Crippen molar-refractivity contribution in [2.24, 2.45) is 0 Å². The number of hydrogen-bond acceptors (Lipinski definition) is 3. The second kappa shape index (κ2) is 8.99. The van der Waals surface area contributed by atoms with Crippen LogP contribution < -0.4 is 9.62 Å². The van der Waals surface area contributed by atoms with E-state index in [1.165, 1.54) is 24.6 Å². The molecule has 27 heavy (non-hydrogen) atoms. The summed E-state index contributed by atoms with van der Waals surface area (Å²) in [6.07, 6.45) is 4.21. The highest BCUT2D eigenvalue weighted by molar-refractivity contribution is 7.92. The molecule has 7 heteroatoms. The molecule has 1 N–H and O–H groups in total. The second-order valence-electron chi connectivity index (χ2n) is 6.50. The number of aryl methyl sites for hydroxylation is 1. The molecule has 2 aromatic rings. The van der Waals surface area contributed by atoms with Gasteiger partial charge in [-0.15, -0.1) is 0 Å². The Morgan fingerprint density at radius 3 is 2.22 bits per heavy atom. The monoisotopic (exact) mass is 392 g/mol. The summed E-state index contributed by atoms with van der Waals surface area (Å²) in [6.45, 7) is 3.62. The maximum absolute atomic E-state index is 13.2. The van der Waals surface area contributed by atoms with E-state index >= 15 is 0 Å². The van der Waals surface area contributed by atoms with Gasteiger partial charge in [0.25, 0.3) is 0 Å². The van der Waals surface area contributed by atoms with E-state index in [1.807, 2.05) is 12.1 Å². The summed E-state index contributed by atoms with van der Waals surface area (Å²) < 4.78 is 38.6. The lowest BCUT2D eigenvalue weighted by molar-refractivity contribution is -0.116. The van der Waals surface area contributed by atoms with Crippen molar-refractivity contribution in [1.82, 2.24) is 0 Å². The Labute approximate surface area is 160 Å². The van der Waals surface area contributed by atoms with Gasteiger partial charge in [-0.2, -0.15) is 0 Å². The van der Waals surface area contributed by atoms with Gasteiger partial charge in [0, 0.05) is 5.69 Å². The lowest BCUT2D eigenvalue weighted by Gasteiger charge is -2.28. The fourth-order valence-corrected chi connectivity index (χ4v) is 3.95. The zero-order valence-electron chi connectivity index (χ0n) is 15.8. The largest absolute Gasteiger partial charge is 0.324 e. The molecule has 0 heterocycles. The molecule has 0 aliphatic heterocycles. The van der Waals surface area contributed by atoms with E-state index in [9.17, 15) is 17.6 Å². The first-order valence-corrected chi connectivity index (χ1v) is 10.7. The lowest BCUT2D eigenvalue weighted by Crippen LogP contribution is -2.45. The Morgan fingerprint density at radius 2 is 1.70 bits per heavy atom. The van der Waals surface area contributed by atoms with Crippen molar-refractivity contribution >= 4 is 27.3 Å². The van der Waals surface area contributed by atoms with Crippen LogP contribution in [0.1, 0.15) is 32.3 Å². The summed E-state index contributed by atoms with van der Waals surface area (Å²) in [5.41, 5.74) is 2.02. The summed E-state index contributed by atoms with van der Waals surface area (Å²) in [7, 11) is -3.73. The Balaban J connectivity index is 2.16. The number of anilines is 2. The van der Waals surface area contributed by atoms with E-state index in [4.69, 9.17) is 0 Å². The van der Waals surface area contributed by atoms with Crippen LogP contribution in [0.4, 0.5) is 15.8 Å². The van der Waals surface area contributed by atoms with Crippen molar-refractivity contribution in [2.75, 3.05) is 15.9 Å². The molecule has 0 saturated carbocycles. The number of halogens is 1. The first-order chi connectivity index (χ1) is 12.7. The normalized spacial score (nSPS) is 12.4. The van der Waals surface area contributed by atoms with Gasteiger partial charge in [-0.05, 0) is 61.7 Å². The molecule has 0 radical (unpaired) electrons. The summed E-state index contributed by atoms with van der Waals surface area (Å²) in [5.74, 6) is -0.946. The molecule has 1 amide bonds. The summed E-state index contributed by atoms with van der Waals surface area (Å²) in [6, 6.07) is 11.5. The minimum atomic E-state index is -3.73. The van der Waals surface area contributed by atoms with Crippen LogP contribution in [-0.2, 0) is 21.2 Å². The third-order valence-corrected chi connectivity index (χ3v) is 5.45. The fourth-order valence-electron chi connectivity index (χ4n) is 2.78. The maximum Gasteiger partial charge on any atom is 0.247 e. The third-order valence-electron chi connectivity index (χ3n) is 4.21. The smallest absolute Gasteiger partial charge is 0.247 e. The molecular weight excluding hydrogens is 367 g/mol. The second-order valence-corrected chi connectivity index (χ2v) is 8.36. The Bertz CT molecular complexity index is 865. The molecule has 0 spiro atoms. The molecule has 2 rings (SSSR count). The first kappa shape index (κ1) is 20.9. The molecule has 5 nitrogen and oxygen atoms in total. The standard InChI is InChI=1S/C20H25FN2O3S/c1-4-5-6-16-7-11-18(12-8-16)22-20(24)15(2)23(27(3,25)26)19-13-9-17(21)10-14-19/h7-15H,4-6H2,1-3H3,(H,22,24)/t15-/m0/s1. The number of amides is 1. The summed E-state index contributed by atoms with van der Waals surface area (Å²) >= 11 is 0. The fraction of sp³-hybridized carbons (Fsp3) is 0.350. The van der Waals surface area contributed by atoms with Crippen LogP contribution in [0.25, 0.3) is 0 Å². The average Bonchev–Trinajstić information content (AvgIpc) is 2.61. The van der Waals surface area contributed by atoms with Crippen LogP contribution >= 0.6 is 0 Å². The van der Waals surface area contributed by atoms with Gasteiger partial charge in [0.1, 0.15) is 11.9 Å². The van der Waals surface area contributed by atoms with Crippen molar-refractivity contribution in [1.29, 1.82) is 0 Å². The number of nitrogens with one attached hydrogen (secondary N) is 1. The van der Waals surface area contributed by atoms with Crippen LogP contribution in [-0.4, -0.2) is 26.6 Å². The quantitative estimate of drug-likeness (QED) is 0.739. The van der Waals surface area contributed by atoms with E-state index in [0.29, 0.717) is 5.69 Å². The maximum atomic E-state index is 13.2. The predicted molar refractivity (Wildman–Crippen MR) is 107 cm³/mol. The molecule has 0 aromatic heterocycles. The van der Waals surface area contributed by atoms with Gasteiger partial charge in [-0.3, -0.25) is 9.10 Å². The van der Waals surface area contributed by atoms with Crippen molar-refractivity contribution in [3.63, 3.8) is 0 Å². The van der Waals surface area contributed by atoms with E-state index in [0.717, 1.165) is 42.0 Å². The molecule has 0 bridgehead atoms. The molecule has 1 atom stereocenters. The molecule has 0 aliphatic carbocycles. The first-order valence-electron chi connectivity index (χ1n) is 8.87. The van der Waals surface area contributed by atoms with Gasteiger partial charge in [-0.25, -0.2) is 12.8 Å². The van der Waals surface area contributed by atoms with Crippen molar-refractivity contribution < 1.29 is 17.6 Å². The third kappa shape index (κ3) is 5.79. The highest BCUT2D eigenvalue weighted by Gasteiger charge is 2.29. The Kier molecular flexibility index (Phi) is 6.96. The SMILES string of the molecule is CCCCc1ccc(NC(=O)[C@H](C)N(c2ccc(F)cc2)S(C)(=O)=O)cc1. The highest BCUT2D eigenvalue weighted by Crippen LogP contribution is 2.22. The van der Waals surface area contributed by atoms with E-state index < -0.39 is 27.8 Å². The molecule has 146 valence electrons. The number of rotatable bonds is 8. The number of unbranched alkanes of at least 4 members (excludes halogenated alkanes) is 1. The van der Waals surface area contributed by atoms with E-state index in [1.54, 1.807) is 12.1 Å². The average molecular weight is 392 g/mol. The van der Waals surface area contributed by atoms with Crippen LogP contribution in [0.2, 0.25) is 0 Å². The lowest BCUT2D eigenvalue weighted by atomic mass is 10.1. The molecule has 0 unspecified atom stereocenters. The topological polar surface area (TPSA) is 66.5 Å². The highest BCUT2D eigenvalue weighted by atomic mass is 32.2. The van der Waals surface area contributed by atoms with Gasteiger partial charge >= 0.3 is 0 Å². The van der Waals surface area contributed by atoms with Gasteiger partial charge in [0.05, 0.1) is 11.9 Å². The van der Waals surface area contributed by atoms with Crippen LogP contribution in [0.5, 0.6) is 0 Å². The minimum Gasteiger partial charge on any atom is -0.324 e. The van der Waals surface area contributed by atoms with E-state index in [2.05, 4.69) is 12.2 Å². The summed E-state index contributed by atoms with van der Waals surface area (Å²) in [5, 5.41) is 2.74. The predicted octanol–water partition coefficient (Wildman–Crippen LogP) is 3.96. The van der Waals surface area contributed by atoms with Crippen LogP contribution in [0.3, 0.4) is 0 Å². The van der Waals surface area contributed by atoms with Crippen LogP contribution in [0, 0.1) is 5.82 Å². The number of carbonyl (C=O) groups is 1. The van der Waals surface area contributed by atoms with Gasteiger partial charge in [0.15, 0.2) is 0 Å². The van der Waals surface area contributed by atoms with Gasteiger partial charge in [0.2, 0.25) is 15.9 Å². The Hall–Kier alpha value is -2.41. The molecule has 0 fully saturated rings. The zero-order valence-corrected chi connectivity index (χ0v) is 16.6. The van der Waals surface area contributed by atoms with Crippen LogP contribution in [0.15, 0.2) is 48.5 Å². The molecular formula is C20H25FN2O3S. The number of carbonyl (C=O) groups excluding carboxylic acids is 1. The minimum absolute atomic E-state index is 0.233. The molecule has 0 aliphatic rings. The zero-order chi connectivity index (χ0) is 20.0. The molecule has 2 aromatic carbocycles. The number of nitrogens with zero attached hydrogens (tertiary/aromatic N) is 1. The number of sulfonamides is 1. The van der Waals surface area contributed by atoms with Gasteiger partial charge < -0.3 is 5.32 Å². The Morgan fingerprint density at radius 1 is 1.11 bits per heavy atom. The van der Waals surface area contributed by atoms with Crippen molar-refractivity contribution in [3.8, 4) is 0 Å². The number of benzene rings is 2. The number of hydrogen-bond donors (Lipinski definition) is 1. The summed E-state index contributed by atoms with van der Waals surface area (Å²) in [4.78, 5) is 12.6. The van der Waals surface area contributed by atoms with Crippen molar-refractivity contribution in [2.45, 2.75) is 39.2 Å².